The molecule has 110 valence electrons. The summed E-state index contributed by atoms with van der Waals surface area (Å²) in [6, 6.07) is 5.68. The van der Waals surface area contributed by atoms with Gasteiger partial charge in [-0.15, -0.1) is 0 Å². The van der Waals surface area contributed by atoms with Gasteiger partial charge in [-0.25, -0.2) is 0 Å². The molecule has 4 heteroatoms. The lowest BCUT2D eigenvalue weighted by Crippen LogP contribution is -2.40. The Labute approximate surface area is 120 Å². The Bertz CT molecular complexity index is 494. The van der Waals surface area contributed by atoms with Crippen LogP contribution in [-0.2, 0) is 10.2 Å². The maximum atomic E-state index is 12.4. The molecule has 0 aliphatic carbocycles. The molecule has 20 heavy (non-hydrogen) atoms. The summed E-state index contributed by atoms with van der Waals surface area (Å²) in [6.45, 7) is 9.11. The third-order valence-electron chi connectivity index (χ3n) is 3.67. The van der Waals surface area contributed by atoms with Crippen molar-refractivity contribution in [1.82, 2.24) is 5.32 Å². The van der Waals surface area contributed by atoms with Gasteiger partial charge >= 0.3 is 0 Å². The van der Waals surface area contributed by atoms with Crippen LogP contribution in [0.4, 0.5) is 0 Å². The molecule has 0 aromatic heterocycles. The molecule has 0 spiro atoms. The number of hydrogen-bond donors (Lipinski definition) is 1. The van der Waals surface area contributed by atoms with Gasteiger partial charge in [0.1, 0.15) is 0 Å². The van der Waals surface area contributed by atoms with E-state index in [-0.39, 0.29) is 12.7 Å². The fraction of sp³-hybridized carbons (Fsp3) is 0.562. The Balaban J connectivity index is 2.07. The minimum atomic E-state index is -0.585. The highest BCUT2D eigenvalue weighted by atomic mass is 16.7. The second-order valence-corrected chi connectivity index (χ2v) is 6.13. The summed E-state index contributed by atoms with van der Waals surface area (Å²) in [5.41, 5.74) is 0.349. The maximum absolute atomic E-state index is 12.4. The Kier molecular flexibility index (Phi) is 4.21. The Morgan fingerprint density at radius 2 is 2.00 bits per heavy atom. The van der Waals surface area contributed by atoms with Crippen LogP contribution in [0, 0.1) is 5.92 Å². The fourth-order valence-electron chi connectivity index (χ4n) is 2.11. The van der Waals surface area contributed by atoms with E-state index in [1.165, 1.54) is 0 Å². The van der Waals surface area contributed by atoms with Gasteiger partial charge in [0.2, 0.25) is 12.7 Å². The number of ether oxygens (including phenoxy) is 2. The molecule has 1 N–H and O–H groups in total. The topological polar surface area (TPSA) is 47.6 Å². The summed E-state index contributed by atoms with van der Waals surface area (Å²) in [4.78, 5) is 12.4. The van der Waals surface area contributed by atoms with Crippen LogP contribution in [0.25, 0.3) is 0 Å². The first-order valence-corrected chi connectivity index (χ1v) is 7.09. The van der Waals surface area contributed by atoms with E-state index in [2.05, 4.69) is 19.2 Å². The molecule has 1 aromatic carbocycles. The lowest BCUT2D eigenvalue weighted by atomic mass is 9.83. The van der Waals surface area contributed by atoms with E-state index in [4.69, 9.17) is 9.47 Å². The summed E-state index contributed by atoms with van der Waals surface area (Å²) in [7, 11) is 0. The van der Waals surface area contributed by atoms with Crippen LogP contribution < -0.4 is 14.8 Å². The third kappa shape index (κ3) is 3.06. The van der Waals surface area contributed by atoms with E-state index in [0.29, 0.717) is 18.2 Å². The average molecular weight is 277 g/mol. The molecular weight excluding hydrogens is 254 g/mol. The van der Waals surface area contributed by atoms with Crippen molar-refractivity contribution in [2.24, 2.45) is 5.92 Å². The van der Waals surface area contributed by atoms with E-state index in [9.17, 15) is 4.79 Å². The van der Waals surface area contributed by atoms with Crippen LogP contribution in [0.3, 0.4) is 0 Å². The molecule has 0 unspecified atom stereocenters. The van der Waals surface area contributed by atoms with E-state index >= 15 is 0 Å². The number of nitrogens with one attached hydrogen (secondary N) is 1. The minimum absolute atomic E-state index is 0.0389. The molecule has 1 aliphatic heterocycles. The van der Waals surface area contributed by atoms with Crippen molar-refractivity contribution in [3.63, 3.8) is 0 Å². The van der Waals surface area contributed by atoms with Gasteiger partial charge in [0, 0.05) is 6.54 Å². The van der Waals surface area contributed by atoms with E-state index in [1.54, 1.807) is 0 Å². The van der Waals surface area contributed by atoms with Crippen molar-refractivity contribution in [2.45, 2.75) is 39.5 Å². The smallest absolute Gasteiger partial charge is 0.231 e. The molecule has 0 fully saturated rings. The molecule has 1 aliphatic rings. The molecule has 0 bridgehead atoms. The SMILES string of the molecule is CC(C)CCNC(=O)C(C)(C)c1ccc2c(c1)OCO2. The summed E-state index contributed by atoms with van der Waals surface area (Å²) in [5.74, 6) is 2.08. The van der Waals surface area contributed by atoms with Gasteiger partial charge in [0.05, 0.1) is 5.41 Å². The molecule has 2 rings (SSSR count). The van der Waals surface area contributed by atoms with Crippen LogP contribution in [-0.4, -0.2) is 19.2 Å². The zero-order valence-electron chi connectivity index (χ0n) is 12.7. The van der Waals surface area contributed by atoms with Crippen LogP contribution >= 0.6 is 0 Å². The number of amides is 1. The first kappa shape index (κ1) is 14.7. The van der Waals surface area contributed by atoms with Crippen molar-refractivity contribution in [3.8, 4) is 11.5 Å². The van der Waals surface area contributed by atoms with Gasteiger partial charge in [-0.3, -0.25) is 4.79 Å². The van der Waals surface area contributed by atoms with Crippen molar-refractivity contribution in [1.29, 1.82) is 0 Å². The van der Waals surface area contributed by atoms with E-state index in [1.807, 2.05) is 32.0 Å². The number of rotatable bonds is 5. The predicted octanol–water partition coefficient (Wildman–Crippen LogP) is 2.86. The van der Waals surface area contributed by atoms with Gasteiger partial charge in [0.25, 0.3) is 0 Å². The Hall–Kier alpha value is -1.71. The Morgan fingerprint density at radius 1 is 1.30 bits per heavy atom. The summed E-state index contributed by atoms with van der Waals surface area (Å²) in [5, 5.41) is 3.01. The average Bonchev–Trinajstić information content (AvgIpc) is 2.85. The molecule has 0 saturated carbocycles. The number of carbonyl (C=O) groups excluding carboxylic acids is 1. The van der Waals surface area contributed by atoms with E-state index in [0.717, 1.165) is 17.7 Å². The fourth-order valence-corrected chi connectivity index (χ4v) is 2.11. The second kappa shape index (κ2) is 5.73. The third-order valence-corrected chi connectivity index (χ3v) is 3.67. The Morgan fingerprint density at radius 3 is 2.70 bits per heavy atom. The van der Waals surface area contributed by atoms with Gasteiger partial charge in [-0.05, 0) is 43.9 Å². The molecule has 1 heterocycles. The quantitative estimate of drug-likeness (QED) is 0.900. The van der Waals surface area contributed by atoms with Gasteiger partial charge in [0.15, 0.2) is 11.5 Å². The molecule has 1 amide bonds. The molecular formula is C16H23NO3. The highest BCUT2D eigenvalue weighted by Gasteiger charge is 2.31. The number of benzene rings is 1. The zero-order valence-corrected chi connectivity index (χ0v) is 12.7. The predicted molar refractivity (Wildman–Crippen MR) is 78.1 cm³/mol. The maximum Gasteiger partial charge on any atom is 0.231 e. The highest BCUT2D eigenvalue weighted by Crippen LogP contribution is 2.36. The van der Waals surface area contributed by atoms with Gasteiger partial charge in [-0.2, -0.15) is 0 Å². The first-order valence-electron chi connectivity index (χ1n) is 7.09. The van der Waals surface area contributed by atoms with Gasteiger partial charge < -0.3 is 14.8 Å². The first-order chi connectivity index (χ1) is 9.41. The summed E-state index contributed by atoms with van der Waals surface area (Å²) >= 11 is 0. The largest absolute Gasteiger partial charge is 0.454 e. The van der Waals surface area contributed by atoms with Gasteiger partial charge in [-0.1, -0.05) is 19.9 Å². The van der Waals surface area contributed by atoms with Crippen molar-refractivity contribution in [2.75, 3.05) is 13.3 Å². The van der Waals surface area contributed by atoms with Crippen LogP contribution in [0.5, 0.6) is 11.5 Å². The normalized spacial score (nSPS) is 13.7. The van der Waals surface area contributed by atoms with Crippen molar-refractivity contribution >= 4 is 5.91 Å². The summed E-state index contributed by atoms with van der Waals surface area (Å²) in [6.07, 6.45) is 0.989. The minimum Gasteiger partial charge on any atom is -0.454 e. The molecule has 4 nitrogen and oxygen atoms in total. The number of fused-ring (bicyclic) bond motifs is 1. The van der Waals surface area contributed by atoms with Crippen LogP contribution in [0.15, 0.2) is 18.2 Å². The standard InChI is InChI=1S/C16H23NO3/c1-11(2)7-8-17-15(18)16(3,4)12-5-6-13-14(9-12)20-10-19-13/h5-6,9,11H,7-8,10H2,1-4H3,(H,17,18). The number of hydrogen-bond acceptors (Lipinski definition) is 3. The molecule has 0 radical (unpaired) electrons. The lowest BCUT2D eigenvalue weighted by molar-refractivity contribution is -0.125. The monoisotopic (exact) mass is 277 g/mol. The lowest BCUT2D eigenvalue weighted by Gasteiger charge is -2.24. The molecule has 1 aromatic rings. The summed E-state index contributed by atoms with van der Waals surface area (Å²) < 4.78 is 10.7. The van der Waals surface area contributed by atoms with Crippen molar-refractivity contribution in [3.05, 3.63) is 23.8 Å². The molecule has 0 saturated heterocycles. The van der Waals surface area contributed by atoms with Crippen LogP contribution in [0.1, 0.15) is 39.7 Å². The zero-order chi connectivity index (χ0) is 14.8. The van der Waals surface area contributed by atoms with Crippen LogP contribution in [0.2, 0.25) is 0 Å². The molecule has 0 atom stereocenters. The second-order valence-electron chi connectivity index (χ2n) is 6.13. The van der Waals surface area contributed by atoms with Crippen molar-refractivity contribution < 1.29 is 14.3 Å². The van der Waals surface area contributed by atoms with E-state index < -0.39 is 5.41 Å². The highest BCUT2D eigenvalue weighted by molar-refractivity contribution is 5.87. The number of carbonyl (C=O) groups is 1.